The predicted octanol–water partition coefficient (Wildman–Crippen LogP) is 3.55. The van der Waals surface area contributed by atoms with Crippen LogP contribution in [-0.4, -0.2) is 41.8 Å². The zero-order valence-corrected chi connectivity index (χ0v) is 17.7. The molecule has 1 saturated heterocycles. The number of carbonyl (C=O) groups is 2. The first-order chi connectivity index (χ1) is 15.3. The number of ether oxygens (including phenoxy) is 2. The van der Waals surface area contributed by atoms with Crippen molar-refractivity contribution in [1.29, 1.82) is 0 Å². The molecule has 0 aliphatic carbocycles. The molecule has 4 atom stereocenters. The molecule has 1 aliphatic heterocycles. The number of hydrogen-bond acceptors (Lipinski definition) is 5. The van der Waals surface area contributed by atoms with Crippen LogP contribution >= 0.6 is 0 Å². The lowest BCUT2D eigenvalue weighted by Gasteiger charge is -2.32. The fourth-order valence-corrected chi connectivity index (χ4v) is 3.89. The fourth-order valence-electron chi connectivity index (χ4n) is 3.89. The molecule has 3 N–H and O–H groups in total. The van der Waals surface area contributed by atoms with Crippen molar-refractivity contribution in [2.75, 3.05) is 12.4 Å². The van der Waals surface area contributed by atoms with Gasteiger partial charge in [-0.1, -0.05) is 13.0 Å². The van der Waals surface area contributed by atoms with Gasteiger partial charge >= 0.3 is 6.18 Å². The van der Waals surface area contributed by atoms with Crippen molar-refractivity contribution < 1.29 is 41.0 Å². The highest BCUT2D eigenvalue weighted by Crippen LogP contribution is 2.54. The Morgan fingerprint density at radius 1 is 1.24 bits per heavy atom. The van der Waals surface area contributed by atoms with Crippen molar-refractivity contribution in [3.05, 3.63) is 53.2 Å². The van der Waals surface area contributed by atoms with E-state index in [-0.39, 0.29) is 16.9 Å². The summed E-state index contributed by atoms with van der Waals surface area (Å²) in [5.41, 5.74) is 2.22. The molecule has 2 amide bonds. The Kier molecular flexibility index (Phi) is 6.33. The second kappa shape index (κ2) is 8.58. The van der Waals surface area contributed by atoms with E-state index in [1.807, 2.05) is 0 Å². The second-order valence-electron chi connectivity index (χ2n) is 7.72. The van der Waals surface area contributed by atoms with Crippen LogP contribution in [0.25, 0.3) is 0 Å². The first-order valence-electron chi connectivity index (χ1n) is 9.65. The number of benzene rings is 1. The Morgan fingerprint density at radius 2 is 1.91 bits per heavy atom. The number of methoxy groups -OCH3 is 1. The minimum absolute atomic E-state index is 0.0000342. The summed E-state index contributed by atoms with van der Waals surface area (Å²) < 4.78 is 80.0. The second-order valence-corrected chi connectivity index (χ2v) is 7.72. The van der Waals surface area contributed by atoms with Gasteiger partial charge in [0, 0.05) is 29.2 Å². The van der Waals surface area contributed by atoms with Crippen LogP contribution in [0, 0.1) is 17.6 Å². The largest absolute Gasteiger partial charge is 0.493 e. The number of anilines is 1. The summed E-state index contributed by atoms with van der Waals surface area (Å²) in [6.07, 6.45) is -5.51. The third-order valence-electron chi connectivity index (χ3n) is 5.87. The molecule has 1 aliphatic rings. The molecular formula is C21H20F5N3O4. The normalized spacial score (nSPS) is 25.0. The number of amides is 2. The lowest BCUT2D eigenvalue weighted by atomic mass is 9.77. The molecule has 3 rings (SSSR count). The number of nitrogens with zero attached hydrogens (tertiary/aromatic N) is 1. The van der Waals surface area contributed by atoms with Gasteiger partial charge in [-0.25, -0.2) is 9.37 Å². The van der Waals surface area contributed by atoms with Gasteiger partial charge in [0.05, 0.1) is 7.11 Å². The molecule has 2 aromatic rings. The van der Waals surface area contributed by atoms with Crippen molar-refractivity contribution >= 4 is 17.6 Å². The van der Waals surface area contributed by atoms with Gasteiger partial charge < -0.3 is 20.5 Å². The molecule has 0 spiro atoms. The summed E-state index contributed by atoms with van der Waals surface area (Å²) in [6, 6.07) is 4.20. The van der Waals surface area contributed by atoms with E-state index in [4.69, 9.17) is 15.2 Å². The minimum atomic E-state index is -4.89. The van der Waals surface area contributed by atoms with Gasteiger partial charge in [0.2, 0.25) is 11.7 Å². The molecular weight excluding hydrogens is 453 g/mol. The average Bonchev–Trinajstić information content (AvgIpc) is 3.02. The van der Waals surface area contributed by atoms with Gasteiger partial charge in [-0.3, -0.25) is 9.59 Å². The Bertz CT molecular complexity index is 1090. The van der Waals surface area contributed by atoms with Crippen LogP contribution < -0.4 is 15.8 Å². The number of nitrogens with two attached hydrogens (primary N) is 1. The van der Waals surface area contributed by atoms with Crippen LogP contribution in [0.1, 0.15) is 35.7 Å². The molecule has 12 heteroatoms. The first kappa shape index (κ1) is 24.4. The molecule has 0 unspecified atom stereocenters. The van der Waals surface area contributed by atoms with E-state index in [0.29, 0.717) is 0 Å². The zero-order valence-electron chi connectivity index (χ0n) is 17.7. The molecule has 1 fully saturated rings. The van der Waals surface area contributed by atoms with Gasteiger partial charge in [0.1, 0.15) is 11.9 Å². The topological polar surface area (TPSA) is 104 Å². The van der Waals surface area contributed by atoms with Crippen LogP contribution in [0.15, 0.2) is 30.5 Å². The highest BCUT2D eigenvalue weighted by atomic mass is 19.4. The van der Waals surface area contributed by atoms with Crippen LogP contribution in [0.3, 0.4) is 0 Å². The maximum atomic E-state index is 14.3. The van der Waals surface area contributed by atoms with Crippen molar-refractivity contribution in [2.24, 2.45) is 11.7 Å². The molecule has 178 valence electrons. The fraction of sp³-hybridized carbons (Fsp3) is 0.381. The van der Waals surface area contributed by atoms with Gasteiger partial charge in [0.25, 0.3) is 5.91 Å². The summed E-state index contributed by atoms with van der Waals surface area (Å²) in [6.45, 7) is 1.97. The number of nitrogens with one attached hydrogen (secondary N) is 1. The van der Waals surface area contributed by atoms with Crippen molar-refractivity contribution in [3.63, 3.8) is 0 Å². The number of hydrogen-bond donors (Lipinski definition) is 2. The summed E-state index contributed by atoms with van der Waals surface area (Å²) in [5.74, 6) is -8.10. The van der Waals surface area contributed by atoms with Gasteiger partial charge in [-0.05, 0) is 25.1 Å². The molecule has 1 aromatic carbocycles. The Hall–Kier alpha value is -3.28. The zero-order chi connectivity index (χ0) is 24.7. The highest BCUT2D eigenvalue weighted by Gasteiger charge is 2.65. The van der Waals surface area contributed by atoms with Crippen molar-refractivity contribution in [1.82, 2.24) is 4.98 Å². The molecule has 7 nitrogen and oxygen atoms in total. The standard InChI is InChI=1S/C21H20F5N3O4/c1-9-14(11-4-5-12(22)15(23)16(11)32-3)17(33-20(9,2)21(24,25)26)19(31)29-13-8-10(18(27)30)6-7-28-13/h4-9,14,17H,1-3H3,(H2,27,30)(H,28,29,31)/t9-,14-,17-,20+/m0/s1. The van der Waals surface area contributed by atoms with Gasteiger partial charge in [0.15, 0.2) is 17.2 Å². The molecule has 33 heavy (non-hydrogen) atoms. The van der Waals surface area contributed by atoms with Crippen LogP contribution in [0.5, 0.6) is 5.75 Å². The Balaban J connectivity index is 2.07. The number of carbonyl (C=O) groups excluding carboxylic acids is 2. The van der Waals surface area contributed by atoms with E-state index in [9.17, 15) is 31.5 Å². The van der Waals surface area contributed by atoms with E-state index in [1.165, 1.54) is 19.2 Å². The maximum absolute atomic E-state index is 14.3. The Labute approximate surface area is 185 Å². The monoisotopic (exact) mass is 473 g/mol. The predicted molar refractivity (Wildman–Crippen MR) is 106 cm³/mol. The molecule has 0 radical (unpaired) electrons. The SMILES string of the molecule is COc1c([C@H]2[C@@H](C(=O)Nc3cc(C(N)=O)ccn3)O[C@@](C)(C(F)(F)F)[C@H]2C)ccc(F)c1F. The maximum Gasteiger partial charge on any atom is 0.417 e. The smallest absolute Gasteiger partial charge is 0.417 e. The third kappa shape index (κ3) is 4.22. The Morgan fingerprint density at radius 3 is 2.48 bits per heavy atom. The molecule has 2 heterocycles. The quantitative estimate of drug-likeness (QED) is 0.647. The van der Waals surface area contributed by atoms with E-state index in [2.05, 4.69) is 10.3 Å². The van der Waals surface area contributed by atoms with Crippen molar-refractivity contribution in [2.45, 2.75) is 37.6 Å². The number of primary amides is 1. The van der Waals surface area contributed by atoms with Gasteiger partial charge in [-0.2, -0.15) is 17.6 Å². The number of halogens is 5. The molecule has 0 saturated carbocycles. The average molecular weight is 473 g/mol. The lowest BCUT2D eigenvalue weighted by molar-refractivity contribution is -0.272. The van der Waals surface area contributed by atoms with Crippen LogP contribution in [-0.2, 0) is 9.53 Å². The lowest BCUT2D eigenvalue weighted by Crippen LogP contribution is -2.47. The summed E-state index contributed by atoms with van der Waals surface area (Å²) in [4.78, 5) is 28.2. The number of aromatic nitrogens is 1. The number of alkyl halides is 3. The van der Waals surface area contributed by atoms with Crippen molar-refractivity contribution in [3.8, 4) is 5.75 Å². The van der Waals surface area contributed by atoms with E-state index in [0.717, 1.165) is 32.2 Å². The number of pyridine rings is 1. The third-order valence-corrected chi connectivity index (χ3v) is 5.87. The van der Waals surface area contributed by atoms with E-state index >= 15 is 0 Å². The van der Waals surface area contributed by atoms with Gasteiger partial charge in [-0.15, -0.1) is 0 Å². The first-order valence-corrected chi connectivity index (χ1v) is 9.65. The number of rotatable bonds is 5. The van der Waals surface area contributed by atoms with E-state index < -0.39 is 58.9 Å². The molecule has 0 bridgehead atoms. The highest BCUT2D eigenvalue weighted by molar-refractivity contribution is 5.97. The molecule has 1 aromatic heterocycles. The summed E-state index contributed by atoms with van der Waals surface area (Å²) in [5, 5.41) is 2.29. The minimum Gasteiger partial charge on any atom is -0.493 e. The van der Waals surface area contributed by atoms with Crippen LogP contribution in [0.2, 0.25) is 0 Å². The summed E-state index contributed by atoms with van der Waals surface area (Å²) in [7, 11) is 1.03. The van der Waals surface area contributed by atoms with Crippen LogP contribution in [0.4, 0.5) is 27.8 Å². The summed E-state index contributed by atoms with van der Waals surface area (Å²) >= 11 is 0. The van der Waals surface area contributed by atoms with E-state index in [1.54, 1.807) is 0 Å².